The molecule has 3 aliphatic rings. The van der Waals surface area contributed by atoms with E-state index in [9.17, 15) is 14.3 Å². The van der Waals surface area contributed by atoms with Crippen molar-refractivity contribution in [2.75, 3.05) is 26.2 Å². The molecule has 1 aromatic carbocycles. The zero-order valence-electron chi connectivity index (χ0n) is 18.9. The Morgan fingerprint density at radius 3 is 2.80 bits per heavy atom. The van der Waals surface area contributed by atoms with Crippen LogP contribution in [-0.4, -0.2) is 87.1 Å². The van der Waals surface area contributed by atoms with Crippen LogP contribution in [0.4, 0.5) is 8.78 Å². The number of likely N-dealkylation sites (tertiary alicyclic amines) is 1. The summed E-state index contributed by atoms with van der Waals surface area (Å²) in [6.07, 6.45) is 2.63. The van der Waals surface area contributed by atoms with Crippen molar-refractivity contribution in [3.63, 3.8) is 0 Å². The van der Waals surface area contributed by atoms with Gasteiger partial charge in [-0.05, 0) is 25.0 Å². The number of rotatable bonds is 6. The van der Waals surface area contributed by atoms with Gasteiger partial charge in [0.15, 0.2) is 6.17 Å². The number of piperidine rings is 1. The average molecular weight is 506 g/mol. The number of aromatic nitrogens is 2. The van der Waals surface area contributed by atoms with Gasteiger partial charge < -0.3 is 20.2 Å². The van der Waals surface area contributed by atoms with E-state index < -0.39 is 29.9 Å². The number of aliphatic hydroxyl groups excluding tert-OH is 1. The van der Waals surface area contributed by atoms with Crippen molar-refractivity contribution >= 4 is 23.2 Å². The number of aliphatic hydroxyl groups is 1. The fourth-order valence-electron chi connectivity index (χ4n) is 5.49. The SMILES string of the molecule is N=C1CN(C(=O)c2ccc(F)cc2OC2CC3CCC(C2F)N3CCO)CC1c1ncc(Cl)cn1. The molecule has 3 aliphatic heterocycles. The number of halogens is 3. The maximum Gasteiger partial charge on any atom is 0.257 e. The molecule has 4 heterocycles. The first-order chi connectivity index (χ1) is 16.9. The van der Waals surface area contributed by atoms with Gasteiger partial charge >= 0.3 is 0 Å². The van der Waals surface area contributed by atoms with Crippen molar-refractivity contribution in [3.05, 3.63) is 52.8 Å². The number of hydrogen-bond donors (Lipinski definition) is 2. The Morgan fingerprint density at radius 1 is 1.29 bits per heavy atom. The second-order valence-corrected chi connectivity index (χ2v) is 9.70. The number of benzene rings is 1. The quantitative estimate of drug-likeness (QED) is 0.626. The van der Waals surface area contributed by atoms with Crippen LogP contribution < -0.4 is 4.74 Å². The molecule has 1 aromatic heterocycles. The standard InChI is InChI=1S/C24H26ClF2N5O3/c25-13-9-29-23(30-10-13)17-11-31(12-18(17)28)24(34)16-3-1-14(26)7-20(16)35-21-8-15-2-4-19(22(21)27)32(15)5-6-33/h1,3,7,9-10,15,17,19,21-22,28,33H,2,4-6,8,11-12H2. The molecule has 2 bridgehead atoms. The zero-order chi connectivity index (χ0) is 24.7. The first-order valence-corrected chi connectivity index (χ1v) is 12.0. The fourth-order valence-corrected chi connectivity index (χ4v) is 5.59. The van der Waals surface area contributed by atoms with Crippen LogP contribution in [0.2, 0.25) is 5.02 Å². The minimum absolute atomic E-state index is 0.00428. The molecule has 186 valence electrons. The predicted molar refractivity (Wildman–Crippen MR) is 124 cm³/mol. The third-order valence-corrected chi connectivity index (χ3v) is 7.35. The second-order valence-electron chi connectivity index (χ2n) is 9.26. The van der Waals surface area contributed by atoms with Crippen molar-refractivity contribution in [2.45, 2.75) is 49.5 Å². The van der Waals surface area contributed by atoms with Crippen molar-refractivity contribution in [2.24, 2.45) is 0 Å². The lowest BCUT2D eigenvalue weighted by atomic mass is 9.97. The molecule has 0 saturated carbocycles. The first kappa shape index (κ1) is 24.0. The number of nitrogens with one attached hydrogen (secondary N) is 1. The highest BCUT2D eigenvalue weighted by Gasteiger charge is 2.48. The average Bonchev–Trinajstić information content (AvgIpc) is 3.37. The Balaban J connectivity index is 1.34. The van der Waals surface area contributed by atoms with Gasteiger partial charge in [0.2, 0.25) is 0 Å². The summed E-state index contributed by atoms with van der Waals surface area (Å²) < 4.78 is 35.5. The summed E-state index contributed by atoms with van der Waals surface area (Å²) in [7, 11) is 0. The zero-order valence-corrected chi connectivity index (χ0v) is 19.7. The molecule has 3 saturated heterocycles. The fraction of sp³-hybridized carbons (Fsp3) is 0.500. The number of amides is 1. The Hall–Kier alpha value is -2.69. The van der Waals surface area contributed by atoms with Gasteiger partial charge in [0, 0.05) is 55.8 Å². The molecular formula is C24H26ClF2N5O3. The molecule has 0 aliphatic carbocycles. The van der Waals surface area contributed by atoms with Crippen LogP contribution in [-0.2, 0) is 0 Å². The summed E-state index contributed by atoms with van der Waals surface area (Å²) in [6, 6.07) is 3.34. The highest BCUT2D eigenvalue weighted by molar-refractivity contribution is 6.30. The van der Waals surface area contributed by atoms with Crippen LogP contribution in [0.1, 0.15) is 41.4 Å². The normalized spacial score (nSPS) is 28.5. The molecule has 2 aromatic rings. The van der Waals surface area contributed by atoms with Crippen molar-refractivity contribution in [1.29, 1.82) is 5.41 Å². The van der Waals surface area contributed by atoms with Gasteiger partial charge in [0.1, 0.15) is 23.5 Å². The maximum absolute atomic E-state index is 15.4. The van der Waals surface area contributed by atoms with Gasteiger partial charge in [-0.3, -0.25) is 9.69 Å². The lowest BCUT2D eigenvalue weighted by Gasteiger charge is -2.41. The minimum atomic E-state index is -1.32. The maximum atomic E-state index is 15.4. The van der Waals surface area contributed by atoms with Gasteiger partial charge in [-0.2, -0.15) is 0 Å². The molecule has 35 heavy (non-hydrogen) atoms. The van der Waals surface area contributed by atoms with Gasteiger partial charge in [0.25, 0.3) is 5.91 Å². The van der Waals surface area contributed by atoms with Gasteiger partial charge in [-0.1, -0.05) is 11.6 Å². The second kappa shape index (κ2) is 9.75. The monoisotopic (exact) mass is 505 g/mol. The van der Waals surface area contributed by atoms with E-state index in [0.717, 1.165) is 12.5 Å². The van der Waals surface area contributed by atoms with Crippen molar-refractivity contribution in [1.82, 2.24) is 19.8 Å². The third-order valence-electron chi connectivity index (χ3n) is 7.15. The van der Waals surface area contributed by atoms with Crippen LogP contribution >= 0.6 is 11.6 Å². The van der Waals surface area contributed by atoms with Crippen molar-refractivity contribution in [3.8, 4) is 5.75 Å². The van der Waals surface area contributed by atoms with E-state index in [1.54, 1.807) is 0 Å². The summed E-state index contributed by atoms with van der Waals surface area (Å²) in [6.45, 7) is 0.625. The largest absolute Gasteiger partial charge is 0.486 e. The Bertz CT molecular complexity index is 1120. The van der Waals surface area contributed by atoms with Gasteiger partial charge in [-0.25, -0.2) is 18.7 Å². The molecule has 5 atom stereocenters. The number of nitrogens with zero attached hydrogens (tertiary/aromatic N) is 4. The minimum Gasteiger partial charge on any atom is -0.486 e. The molecule has 2 N–H and O–H groups in total. The molecule has 8 nitrogen and oxygen atoms in total. The molecule has 0 radical (unpaired) electrons. The Kier molecular flexibility index (Phi) is 6.69. The highest BCUT2D eigenvalue weighted by atomic mass is 35.5. The summed E-state index contributed by atoms with van der Waals surface area (Å²) in [5.74, 6) is -1.10. The number of hydrogen-bond acceptors (Lipinski definition) is 7. The highest BCUT2D eigenvalue weighted by Crippen LogP contribution is 2.39. The van der Waals surface area contributed by atoms with E-state index in [4.69, 9.17) is 21.7 Å². The lowest BCUT2D eigenvalue weighted by molar-refractivity contribution is -0.0278. The van der Waals surface area contributed by atoms with Crippen LogP contribution in [0.15, 0.2) is 30.6 Å². The van der Waals surface area contributed by atoms with E-state index in [0.29, 0.717) is 30.2 Å². The molecule has 0 spiro atoms. The smallest absolute Gasteiger partial charge is 0.257 e. The number of alkyl halides is 1. The van der Waals surface area contributed by atoms with E-state index in [1.807, 2.05) is 4.90 Å². The van der Waals surface area contributed by atoms with E-state index in [2.05, 4.69) is 9.97 Å². The molecular weight excluding hydrogens is 480 g/mol. The number of carbonyl (C=O) groups excluding carboxylic acids is 1. The molecule has 11 heteroatoms. The third kappa shape index (κ3) is 4.62. The predicted octanol–water partition coefficient (Wildman–Crippen LogP) is 2.84. The Morgan fingerprint density at radius 2 is 2.06 bits per heavy atom. The van der Waals surface area contributed by atoms with E-state index >= 15 is 4.39 Å². The Labute approximate surface area is 206 Å². The molecule has 5 unspecified atom stereocenters. The topological polar surface area (TPSA) is 103 Å². The van der Waals surface area contributed by atoms with Crippen LogP contribution in [0, 0.1) is 11.2 Å². The van der Waals surface area contributed by atoms with Gasteiger partial charge in [-0.15, -0.1) is 0 Å². The lowest BCUT2D eigenvalue weighted by Crippen LogP contribution is -2.54. The van der Waals surface area contributed by atoms with E-state index in [1.165, 1.54) is 29.4 Å². The number of fused-ring (bicyclic) bond motifs is 2. The molecule has 3 fully saturated rings. The summed E-state index contributed by atoms with van der Waals surface area (Å²) in [5, 5.41) is 18.0. The summed E-state index contributed by atoms with van der Waals surface area (Å²) in [5.41, 5.74) is 0.399. The number of ether oxygens (including phenoxy) is 1. The first-order valence-electron chi connectivity index (χ1n) is 11.7. The summed E-state index contributed by atoms with van der Waals surface area (Å²) >= 11 is 5.85. The van der Waals surface area contributed by atoms with E-state index in [-0.39, 0.29) is 48.8 Å². The van der Waals surface area contributed by atoms with Crippen LogP contribution in [0.3, 0.4) is 0 Å². The number of carbonyl (C=O) groups is 1. The van der Waals surface area contributed by atoms with Crippen LogP contribution in [0.25, 0.3) is 0 Å². The van der Waals surface area contributed by atoms with Gasteiger partial charge in [0.05, 0.1) is 29.7 Å². The van der Waals surface area contributed by atoms with Crippen molar-refractivity contribution < 1.29 is 23.4 Å². The molecule has 5 rings (SSSR count). The molecule has 1 amide bonds. The van der Waals surface area contributed by atoms with Crippen LogP contribution in [0.5, 0.6) is 5.75 Å². The summed E-state index contributed by atoms with van der Waals surface area (Å²) in [4.78, 5) is 25.2.